The minimum atomic E-state index is 0.665. The van der Waals surface area contributed by atoms with Gasteiger partial charge in [0.2, 0.25) is 12.1 Å². The van der Waals surface area contributed by atoms with Crippen LogP contribution in [-0.4, -0.2) is 15.8 Å². The summed E-state index contributed by atoms with van der Waals surface area (Å²) in [6.45, 7) is 0. The predicted molar refractivity (Wildman–Crippen MR) is 35.3 cm³/mol. The van der Waals surface area contributed by atoms with E-state index in [4.69, 9.17) is 9.83 Å². The van der Waals surface area contributed by atoms with Gasteiger partial charge in [-0.1, -0.05) is 0 Å². The van der Waals surface area contributed by atoms with Crippen molar-refractivity contribution in [3.8, 4) is 0 Å². The van der Waals surface area contributed by atoms with Gasteiger partial charge in [-0.05, 0) is 0 Å². The molecule has 0 amide bonds. The molecule has 0 radical (unpaired) electrons. The van der Waals surface area contributed by atoms with Crippen molar-refractivity contribution in [1.82, 2.24) is 9.61 Å². The van der Waals surface area contributed by atoms with E-state index in [0.29, 0.717) is 5.71 Å². The van der Waals surface area contributed by atoms with Crippen molar-refractivity contribution in [1.29, 1.82) is 5.41 Å². The van der Waals surface area contributed by atoms with Crippen molar-refractivity contribution in [2.45, 2.75) is 0 Å². The second-order valence-electron chi connectivity index (χ2n) is 1.94. The van der Waals surface area contributed by atoms with Gasteiger partial charge in [-0.3, -0.25) is 0 Å². The highest BCUT2D eigenvalue weighted by Crippen LogP contribution is 2.05. The zero-order chi connectivity index (χ0) is 6.97. The Balaban J connectivity index is 2.78. The third kappa shape index (κ3) is 0.556. The first-order chi connectivity index (χ1) is 4.90. The number of nitrogens with one attached hydrogen (secondary N) is 1. The van der Waals surface area contributed by atoms with E-state index in [-0.39, 0.29) is 0 Å². The average molecular weight is 135 g/mol. The van der Waals surface area contributed by atoms with Gasteiger partial charge in [0.25, 0.3) is 0 Å². The van der Waals surface area contributed by atoms with Crippen LogP contribution in [0.1, 0.15) is 5.56 Å². The fourth-order valence-corrected chi connectivity index (χ4v) is 0.836. The topological polar surface area (TPSA) is 54.3 Å². The van der Waals surface area contributed by atoms with Crippen molar-refractivity contribution in [3.05, 3.63) is 24.2 Å². The van der Waals surface area contributed by atoms with Gasteiger partial charge in [-0.25, -0.2) is 4.52 Å². The zero-order valence-corrected chi connectivity index (χ0v) is 5.11. The summed E-state index contributed by atoms with van der Waals surface area (Å²) in [4.78, 5) is 0. The molecule has 1 N–H and O–H groups in total. The van der Waals surface area contributed by atoms with Gasteiger partial charge in [0.05, 0.1) is 0 Å². The quantitative estimate of drug-likeness (QED) is 0.591. The van der Waals surface area contributed by atoms with Crippen molar-refractivity contribution < 1.29 is 4.42 Å². The van der Waals surface area contributed by atoms with Gasteiger partial charge in [0, 0.05) is 24.0 Å². The van der Waals surface area contributed by atoms with E-state index < -0.39 is 0 Å². The molecule has 0 atom stereocenters. The number of fused-ring (bicyclic) bond motifs is 1. The first-order valence-corrected chi connectivity index (χ1v) is 2.82. The largest absolute Gasteiger partial charge is 0.426 e. The van der Waals surface area contributed by atoms with E-state index in [9.17, 15) is 0 Å². The Morgan fingerprint density at radius 3 is 3.30 bits per heavy atom. The SMILES string of the molecule is N=Cc1cc2ocnn2c1. The maximum absolute atomic E-state index is 6.91. The monoisotopic (exact) mass is 135 g/mol. The number of hydrogen-bond donors (Lipinski definition) is 1. The molecule has 0 aliphatic rings. The number of hydrogen-bond acceptors (Lipinski definition) is 3. The molecule has 2 aromatic rings. The van der Waals surface area contributed by atoms with Crippen LogP contribution >= 0.6 is 0 Å². The molecule has 0 aliphatic heterocycles. The average Bonchev–Trinajstić information content (AvgIpc) is 2.42. The van der Waals surface area contributed by atoms with Gasteiger partial charge in [-0.15, -0.1) is 5.10 Å². The van der Waals surface area contributed by atoms with Gasteiger partial charge in [-0.2, -0.15) is 0 Å². The summed E-state index contributed by atoms with van der Waals surface area (Å²) in [5.41, 5.74) is 1.46. The lowest BCUT2D eigenvalue weighted by atomic mass is 10.4. The van der Waals surface area contributed by atoms with Gasteiger partial charge in [0.1, 0.15) is 0 Å². The van der Waals surface area contributed by atoms with Crippen LogP contribution in [0.3, 0.4) is 0 Å². The van der Waals surface area contributed by atoms with Gasteiger partial charge >= 0.3 is 0 Å². The first kappa shape index (κ1) is 5.22. The van der Waals surface area contributed by atoms with Crippen molar-refractivity contribution in [2.24, 2.45) is 0 Å². The summed E-state index contributed by atoms with van der Waals surface area (Å²) in [5, 5.41) is 10.7. The molecule has 10 heavy (non-hydrogen) atoms. The molecule has 0 bridgehead atoms. The Kier molecular flexibility index (Phi) is 0.887. The fraction of sp³-hybridized carbons (Fsp3) is 0. The van der Waals surface area contributed by atoms with Crippen LogP contribution < -0.4 is 0 Å². The molecule has 4 heteroatoms. The molecule has 2 aromatic heterocycles. The van der Waals surface area contributed by atoms with Gasteiger partial charge in [0.15, 0.2) is 0 Å². The standard InChI is InChI=1S/C6H5N3O/c7-2-5-1-6-9(3-5)8-4-10-6/h1-4,7H. The summed E-state index contributed by atoms with van der Waals surface area (Å²) in [6, 6.07) is 1.75. The first-order valence-electron chi connectivity index (χ1n) is 2.82. The summed E-state index contributed by atoms with van der Waals surface area (Å²) in [5.74, 6) is 0. The Morgan fingerprint density at radius 1 is 1.70 bits per heavy atom. The lowest BCUT2D eigenvalue weighted by Gasteiger charge is -1.72. The number of rotatable bonds is 1. The zero-order valence-electron chi connectivity index (χ0n) is 5.11. The molecule has 0 fully saturated rings. The minimum Gasteiger partial charge on any atom is -0.426 e. The molecule has 0 aliphatic carbocycles. The van der Waals surface area contributed by atoms with Crippen LogP contribution in [-0.2, 0) is 0 Å². The second-order valence-corrected chi connectivity index (χ2v) is 1.94. The number of nitrogens with zero attached hydrogens (tertiary/aromatic N) is 2. The summed E-state index contributed by atoms with van der Waals surface area (Å²) in [7, 11) is 0. The van der Waals surface area contributed by atoms with Crippen molar-refractivity contribution in [3.63, 3.8) is 0 Å². The van der Waals surface area contributed by atoms with Crippen LogP contribution in [0.5, 0.6) is 0 Å². The van der Waals surface area contributed by atoms with E-state index in [1.165, 1.54) is 12.6 Å². The smallest absolute Gasteiger partial charge is 0.222 e. The van der Waals surface area contributed by atoms with Crippen LogP contribution in [0, 0.1) is 5.41 Å². The lowest BCUT2D eigenvalue weighted by molar-refractivity contribution is 0.601. The molecule has 0 unspecified atom stereocenters. The molecule has 2 heterocycles. The molecule has 0 aromatic carbocycles. The van der Waals surface area contributed by atoms with Gasteiger partial charge < -0.3 is 9.83 Å². The third-order valence-corrected chi connectivity index (χ3v) is 1.30. The Labute approximate surface area is 56.6 Å². The van der Waals surface area contributed by atoms with Crippen LogP contribution in [0.2, 0.25) is 0 Å². The Hall–Kier alpha value is -1.58. The van der Waals surface area contributed by atoms with Crippen LogP contribution in [0.15, 0.2) is 23.1 Å². The highest BCUT2D eigenvalue weighted by Gasteiger charge is 1.98. The molecule has 0 saturated heterocycles. The second kappa shape index (κ2) is 1.70. The number of aromatic nitrogens is 2. The minimum absolute atomic E-state index is 0.665. The Bertz CT molecular complexity index is 331. The third-order valence-electron chi connectivity index (χ3n) is 1.30. The van der Waals surface area contributed by atoms with E-state index in [1.807, 2.05) is 0 Å². The van der Waals surface area contributed by atoms with E-state index in [1.54, 1.807) is 16.8 Å². The fourth-order valence-electron chi connectivity index (χ4n) is 0.836. The maximum atomic E-state index is 6.91. The highest BCUT2D eigenvalue weighted by molar-refractivity contribution is 5.78. The van der Waals surface area contributed by atoms with Crippen LogP contribution in [0.4, 0.5) is 0 Å². The van der Waals surface area contributed by atoms with E-state index in [0.717, 1.165) is 5.56 Å². The van der Waals surface area contributed by atoms with Crippen molar-refractivity contribution >= 4 is 11.9 Å². The lowest BCUT2D eigenvalue weighted by Crippen LogP contribution is -1.77. The molecular formula is C6H5N3O. The molecule has 0 saturated carbocycles. The maximum Gasteiger partial charge on any atom is 0.222 e. The normalized spacial score (nSPS) is 10.4. The molecule has 50 valence electrons. The van der Waals surface area contributed by atoms with Crippen LogP contribution in [0.25, 0.3) is 5.71 Å². The Morgan fingerprint density at radius 2 is 2.60 bits per heavy atom. The molecule has 4 nitrogen and oxygen atoms in total. The van der Waals surface area contributed by atoms with Crippen molar-refractivity contribution in [2.75, 3.05) is 0 Å². The summed E-state index contributed by atoms with van der Waals surface area (Å²) < 4.78 is 6.53. The molecular weight excluding hydrogens is 130 g/mol. The summed E-state index contributed by atoms with van der Waals surface area (Å²) in [6.07, 6.45) is 4.35. The molecule has 2 rings (SSSR count). The van der Waals surface area contributed by atoms with E-state index >= 15 is 0 Å². The summed E-state index contributed by atoms with van der Waals surface area (Å²) >= 11 is 0. The predicted octanol–water partition coefficient (Wildman–Crippen LogP) is 0.925. The van der Waals surface area contributed by atoms with E-state index in [2.05, 4.69) is 5.10 Å². The molecule has 0 spiro atoms. The highest BCUT2D eigenvalue weighted by atomic mass is 16.4.